The van der Waals surface area contributed by atoms with E-state index in [1.54, 1.807) is 18.2 Å². The van der Waals surface area contributed by atoms with Crippen LogP contribution >= 0.6 is 11.6 Å². The van der Waals surface area contributed by atoms with Gasteiger partial charge in [-0.2, -0.15) is 0 Å². The van der Waals surface area contributed by atoms with E-state index in [0.717, 1.165) is 18.7 Å². The Hall–Kier alpha value is -1.26. The average molecular weight is 240 g/mol. The number of aliphatic hydroxyl groups is 1. The minimum atomic E-state index is -0.307. The quantitative estimate of drug-likeness (QED) is 0.536. The highest BCUT2D eigenvalue weighted by Gasteiger charge is 2.23. The van der Waals surface area contributed by atoms with E-state index in [9.17, 15) is 5.11 Å². The van der Waals surface area contributed by atoms with Crippen molar-refractivity contribution in [3.63, 3.8) is 0 Å². The first-order chi connectivity index (χ1) is 7.58. The van der Waals surface area contributed by atoms with Gasteiger partial charge in [0.25, 0.3) is 0 Å². The molecule has 1 aromatic rings. The Bertz CT molecular complexity index is 422. The van der Waals surface area contributed by atoms with Gasteiger partial charge in [-0.1, -0.05) is 11.6 Å². The van der Waals surface area contributed by atoms with Gasteiger partial charge < -0.3 is 15.7 Å². The first-order valence-corrected chi connectivity index (χ1v) is 5.52. The van der Waals surface area contributed by atoms with Gasteiger partial charge in [-0.05, 0) is 24.6 Å². The fourth-order valence-corrected chi connectivity index (χ4v) is 2.12. The number of nitrogens with one attached hydrogen (secondary N) is 1. The van der Waals surface area contributed by atoms with Gasteiger partial charge >= 0.3 is 0 Å². The maximum atomic E-state index is 9.50. The molecule has 2 rings (SSSR count). The van der Waals surface area contributed by atoms with Crippen LogP contribution in [0.15, 0.2) is 18.2 Å². The van der Waals surface area contributed by atoms with Crippen LogP contribution in [0, 0.1) is 5.41 Å². The molecule has 1 unspecified atom stereocenters. The molecule has 1 aromatic carbocycles. The third-order valence-corrected chi connectivity index (χ3v) is 2.99. The number of halogens is 1. The number of anilines is 1. The lowest BCUT2D eigenvalue weighted by molar-refractivity contribution is 0.198. The number of hydrogen-bond acceptors (Lipinski definition) is 3. The molecule has 1 atom stereocenters. The van der Waals surface area contributed by atoms with Crippen molar-refractivity contribution >= 4 is 23.1 Å². The lowest BCUT2D eigenvalue weighted by Crippen LogP contribution is -2.25. The molecule has 5 heteroatoms. The van der Waals surface area contributed by atoms with Crippen molar-refractivity contribution in [2.45, 2.75) is 12.5 Å². The highest BCUT2D eigenvalue weighted by molar-refractivity contribution is 6.31. The van der Waals surface area contributed by atoms with E-state index in [1.807, 2.05) is 4.90 Å². The molecule has 4 N–H and O–H groups in total. The van der Waals surface area contributed by atoms with Gasteiger partial charge in [0.15, 0.2) is 0 Å². The Morgan fingerprint density at radius 1 is 1.56 bits per heavy atom. The zero-order valence-electron chi connectivity index (χ0n) is 8.78. The second kappa shape index (κ2) is 4.31. The summed E-state index contributed by atoms with van der Waals surface area (Å²) in [6.45, 7) is 1.34. The molecule has 0 radical (unpaired) electrons. The standard InChI is InChI=1S/C11H14ClN3O/c12-7-1-2-9(11(13)14)10(5-7)15-4-3-8(16)6-15/h1-2,5,8,16H,3-4,6H2,(H3,13,14). The van der Waals surface area contributed by atoms with Gasteiger partial charge in [-0.25, -0.2) is 0 Å². The third kappa shape index (κ3) is 2.13. The maximum Gasteiger partial charge on any atom is 0.124 e. The molecule has 1 heterocycles. The summed E-state index contributed by atoms with van der Waals surface area (Å²) in [7, 11) is 0. The summed E-state index contributed by atoms with van der Waals surface area (Å²) >= 11 is 5.94. The highest BCUT2D eigenvalue weighted by Crippen LogP contribution is 2.27. The molecule has 0 amide bonds. The van der Waals surface area contributed by atoms with Crippen molar-refractivity contribution < 1.29 is 5.11 Å². The molecule has 0 aliphatic carbocycles. The summed E-state index contributed by atoms with van der Waals surface area (Å²) in [5, 5.41) is 17.6. The van der Waals surface area contributed by atoms with Crippen LogP contribution in [0.4, 0.5) is 5.69 Å². The first-order valence-electron chi connectivity index (χ1n) is 5.15. The van der Waals surface area contributed by atoms with Crippen molar-refractivity contribution in [3.05, 3.63) is 28.8 Å². The SMILES string of the molecule is N=C(N)c1ccc(Cl)cc1N1CCC(O)C1. The van der Waals surface area contributed by atoms with Crippen molar-refractivity contribution in [1.82, 2.24) is 0 Å². The summed E-state index contributed by atoms with van der Waals surface area (Å²) < 4.78 is 0. The van der Waals surface area contributed by atoms with Gasteiger partial charge in [0, 0.05) is 29.4 Å². The zero-order valence-corrected chi connectivity index (χ0v) is 9.54. The number of nitrogen functional groups attached to an aromatic ring is 1. The maximum absolute atomic E-state index is 9.50. The lowest BCUT2D eigenvalue weighted by atomic mass is 10.1. The van der Waals surface area contributed by atoms with Gasteiger partial charge in [-0.3, -0.25) is 5.41 Å². The average Bonchev–Trinajstić information content (AvgIpc) is 2.64. The van der Waals surface area contributed by atoms with Gasteiger partial charge in [0.1, 0.15) is 5.84 Å². The predicted octanol–water partition coefficient (Wildman–Crippen LogP) is 1.20. The molecule has 1 fully saturated rings. The molecule has 1 saturated heterocycles. The molecule has 0 aromatic heterocycles. The molecule has 0 spiro atoms. The lowest BCUT2D eigenvalue weighted by Gasteiger charge is -2.21. The second-order valence-corrected chi connectivity index (χ2v) is 4.40. The minimum Gasteiger partial charge on any atom is -0.391 e. The molecule has 0 saturated carbocycles. The molecule has 1 aliphatic heterocycles. The summed E-state index contributed by atoms with van der Waals surface area (Å²) in [6.07, 6.45) is 0.433. The Morgan fingerprint density at radius 2 is 2.31 bits per heavy atom. The van der Waals surface area contributed by atoms with E-state index in [1.165, 1.54) is 0 Å². The molecule has 16 heavy (non-hydrogen) atoms. The second-order valence-electron chi connectivity index (χ2n) is 3.96. The van der Waals surface area contributed by atoms with Crippen LogP contribution in [0.2, 0.25) is 5.02 Å². The van der Waals surface area contributed by atoms with Gasteiger partial charge in [0.2, 0.25) is 0 Å². The normalized spacial score (nSPS) is 20.1. The van der Waals surface area contributed by atoms with E-state index in [2.05, 4.69) is 0 Å². The van der Waals surface area contributed by atoms with Crippen LogP contribution in [-0.2, 0) is 0 Å². The predicted molar refractivity (Wildman–Crippen MR) is 65.3 cm³/mol. The van der Waals surface area contributed by atoms with E-state index in [4.69, 9.17) is 22.7 Å². The monoisotopic (exact) mass is 239 g/mol. The number of amidine groups is 1. The van der Waals surface area contributed by atoms with Crippen LogP contribution in [0.3, 0.4) is 0 Å². The number of β-amino-alcohol motifs (C(OH)–C–C–N with tert-alkyl or cyclic N) is 1. The van der Waals surface area contributed by atoms with Crippen molar-refractivity contribution in [2.24, 2.45) is 5.73 Å². The fourth-order valence-electron chi connectivity index (χ4n) is 1.95. The van der Waals surface area contributed by atoms with Crippen LogP contribution in [0.5, 0.6) is 0 Å². The third-order valence-electron chi connectivity index (χ3n) is 2.75. The summed E-state index contributed by atoms with van der Waals surface area (Å²) in [5.74, 6) is 0.0213. The minimum absolute atomic E-state index is 0.0213. The van der Waals surface area contributed by atoms with Gasteiger partial charge in [-0.15, -0.1) is 0 Å². The van der Waals surface area contributed by atoms with Crippen molar-refractivity contribution in [3.8, 4) is 0 Å². The summed E-state index contributed by atoms with van der Waals surface area (Å²) in [4.78, 5) is 2.01. The van der Waals surface area contributed by atoms with E-state index in [-0.39, 0.29) is 11.9 Å². The number of rotatable bonds is 2. The Kier molecular flexibility index (Phi) is 3.03. The summed E-state index contributed by atoms with van der Waals surface area (Å²) in [6, 6.07) is 5.25. The van der Waals surface area contributed by atoms with Gasteiger partial charge in [0.05, 0.1) is 6.10 Å². The molecular formula is C11H14ClN3O. The molecule has 0 bridgehead atoms. The fraction of sp³-hybridized carbons (Fsp3) is 0.364. The number of nitrogens with two attached hydrogens (primary N) is 1. The smallest absolute Gasteiger partial charge is 0.124 e. The van der Waals surface area contributed by atoms with Crippen LogP contribution < -0.4 is 10.6 Å². The Labute approximate surface area is 99.1 Å². The topological polar surface area (TPSA) is 73.3 Å². The first kappa shape index (κ1) is 11.2. The largest absolute Gasteiger partial charge is 0.391 e. The van der Waals surface area contributed by atoms with Crippen molar-refractivity contribution in [1.29, 1.82) is 5.41 Å². The highest BCUT2D eigenvalue weighted by atomic mass is 35.5. The molecule has 86 valence electrons. The Morgan fingerprint density at radius 3 is 2.88 bits per heavy atom. The van der Waals surface area contributed by atoms with Crippen LogP contribution in [-0.4, -0.2) is 30.1 Å². The number of nitrogens with zero attached hydrogens (tertiary/aromatic N) is 1. The molecular weight excluding hydrogens is 226 g/mol. The van der Waals surface area contributed by atoms with Crippen LogP contribution in [0.1, 0.15) is 12.0 Å². The zero-order chi connectivity index (χ0) is 11.7. The van der Waals surface area contributed by atoms with E-state index >= 15 is 0 Å². The van der Waals surface area contributed by atoms with E-state index < -0.39 is 0 Å². The summed E-state index contributed by atoms with van der Waals surface area (Å²) in [5.41, 5.74) is 7.01. The number of hydrogen-bond donors (Lipinski definition) is 3. The number of aliphatic hydroxyl groups excluding tert-OH is 1. The van der Waals surface area contributed by atoms with Crippen LogP contribution in [0.25, 0.3) is 0 Å². The van der Waals surface area contributed by atoms with Crippen molar-refractivity contribution in [2.75, 3.05) is 18.0 Å². The molecule has 4 nitrogen and oxygen atoms in total. The molecule has 1 aliphatic rings. The number of benzene rings is 1. The van der Waals surface area contributed by atoms with E-state index in [0.29, 0.717) is 17.1 Å². The Balaban J connectivity index is 2.37.